The predicted octanol–water partition coefficient (Wildman–Crippen LogP) is 5.67. The van der Waals surface area contributed by atoms with Gasteiger partial charge in [-0.3, -0.25) is 14.4 Å². The SMILES string of the molecule is CCOC(=O)c1cccc(NC(=O)NC2CN(C(=O)C(CC)CC)c3ccc(C)cc3N(CC(=O)c3ccccc3C)C2=O)c1. The molecule has 0 radical (unpaired) electrons. The first kappa shape index (κ1) is 32.9. The largest absolute Gasteiger partial charge is 0.462 e. The van der Waals surface area contributed by atoms with E-state index < -0.39 is 23.9 Å². The Kier molecular flexibility index (Phi) is 10.7. The zero-order valence-corrected chi connectivity index (χ0v) is 26.4. The fourth-order valence-corrected chi connectivity index (χ4v) is 5.46. The molecule has 4 amide bonds. The molecule has 0 saturated heterocycles. The molecule has 3 aromatic carbocycles. The number of carbonyl (C=O) groups excluding carboxylic acids is 5. The maximum absolute atomic E-state index is 14.3. The van der Waals surface area contributed by atoms with Crippen LogP contribution in [0.4, 0.5) is 21.9 Å². The van der Waals surface area contributed by atoms with E-state index >= 15 is 0 Å². The summed E-state index contributed by atoms with van der Waals surface area (Å²) in [5.74, 6) is -1.79. The first-order chi connectivity index (χ1) is 21.6. The van der Waals surface area contributed by atoms with Crippen molar-refractivity contribution in [3.8, 4) is 0 Å². The molecular weight excluding hydrogens is 572 g/mol. The van der Waals surface area contributed by atoms with Gasteiger partial charge >= 0.3 is 12.0 Å². The van der Waals surface area contributed by atoms with Crippen LogP contribution in [0.15, 0.2) is 66.7 Å². The Balaban J connectivity index is 1.71. The third-order valence-electron chi connectivity index (χ3n) is 7.93. The van der Waals surface area contributed by atoms with Gasteiger partial charge in [0.15, 0.2) is 5.78 Å². The fraction of sp³-hybridized carbons (Fsp3) is 0.343. The minimum atomic E-state index is -1.19. The number of benzene rings is 3. The quantitative estimate of drug-likeness (QED) is 0.225. The molecule has 1 atom stereocenters. The lowest BCUT2D eigenvalue weighted by atomic mass is 10.0. The zero-order valence-electron chi connectivity index (χ0n) is 26.4. The summed E-state index contributed by atoms with van der Waals surface area (Å²) in [4.78, 5) is 70.2. The van der Waals surface area contributed by atoms with Crippen molar-refractivity contribution in [3.63, 3.8) is 0 Å². The summed E-state index contributed by atoms with van der Waals surface area (Å²) in [6.45, 7) is 9.07. The Bertz CT molecular complexity index is 1600. The highest BCUT2D eigenvalue weighted by atomic mass is 16.5. The van der Waals surface area contributed by atoms with Gasteiger partial charge in [0.25, 0.3) is 5.91 Å². The normalized spacial score (nSPS) is 14.4. The summed E-state index contributed by atoms with van der Waals surface area (Å²) in [6.07, 6.45) is 1.21. The average molecular weight is 613 g/mol. The van der Waals surface area contributed by atoms with Crippen molar-refractivity contribution >= 4 is 46.7 Å². The number of hydrogen-bond donors (Lipinski definition) is 2. The number of anilines is 3. The molecule has 0 aliphatic carbocycles. The second-order valence-electron chi connectivity index (χ2n) is 11.1. The maximum atomic E-state index is 14.3. The molecule has 4 rings (SSSR count). The zero-order chi connectivity index (χ0) is 32.7. The van der Waals surface area contributed by atoms with E-state index in [2.05, 4.69) is 10.6 Å². The second-order valence-corrected chi connectivity index (χ2v) is 11.1. The highest BCUT2D eigenvalue weighted by Crippen LogP contribution is 2.36. The van der Waals surface area contributed by atoms with E-state index in [-0.39, 0.29) is 42.9 Å². The lowest BCUT2D eigenvalue weighted by Crippen LogP contribution is -2.55. The van der Waals surface area contributed by atoms with Gasteiger partial charge in [0.05, 0.1) is 36.6 Å². The van der Waals surface area contributed by atoms with Gasteiger partial charge in [-0.15, -0.1) is 0 Å². The van der Waals surface area contributed by atoms with Crippen molar-refractivity contribution in [3.05, 3.63) is 89.0 Å². The van der Waals surface area contributed by atoms with Crippen molar-refractivity contribution < 1.29 is 28.7 Å². The predicted molar refractivity (Wildman–Crippen MR) is 174 cm³/mol. The van der Waals surface area contributed by atoms with Gasteiger partial charge in [-0.1, -0.05) is 50.2 Å². The van der Waals surface area contributed by atoms with E-state index in [4.69, 9.17) is 4.74 Å². The number of nitrogens with zero attached hydrogens (tertiary/aromatic N) is 2. The van der Waals surface area contributed by atoms with Gasteiger partial charge in [-0.2, -0.15) is 0 Å². The van der Waals surface area contributed by atoms with Gasteiger partial charge in [0.1, 0.15) is 6.04 Å². The number of fused-ring (bicyclic) bond motifs is 1. The molecule has 3 aromatic rings. The molecule has 1 aliphatic heterocycles. The number of ether oxygens (including phenoxy) is 1. The Hall–Kier alpha value is -4.99. The Morgan fingerprint density at radius 2 is 1.64 bits per heavy atom. The molecule has 2 N–H and O–H groups in total. The summed E-state index contributed by atoms with van der Waals surface area (Å²) in [5.41, 5.74) is 3.60. The van der Waals surface area contributed by atoms with Crippen LogP contribution >= 0.6 is 0 Å². The second kappa shape index (κ2) is 14.7. The van der Waals surface area contributed by atoms with E-state index in [0.717, 1.165) is 11.1 Å². The Morgan fingerprint density at radius 1 is 0.911 bits per heavy atom. The van der Waals surface area contributed by atoms with Crippen molar-refractivity contribution in [1.82, 2.24) is 5.32 Å². The fourth-order valence-electron chi connectivity index (χ4n) is 5.46. The smallest absolute Gasteiger partial charge is 0.338 e. The highest BCUT2D eigenvalue weighted by Gasteiger charge is 2.39. The molecule has 45 heavy (non-hydrogen) atoms. The molecule has 1 unspecified atom stereocenters. The van der Waals surface area contributed by atoms with Crippen LogP contribution in [0.25, 0.3) is 0 Å². The number of carbonyl (C=O) groups is 5. The molecular formula is C35H40N4O6. The first-order valence-electron chi connectivity index (χ1n) is 15.2. The minimum Gasteiger partial charge on any atom is -0.462 e. The van der Waals surface area contributed by atoms with Crippen LogP contribution in [0.1, 0.15) is 65.5 Å². The standard InChI is InChI=1S/C35H40N4O6/c1-6-24(7-2)32(41)38-20-28(37-35(44)36-26-14-11-13-25(19-26)34(43)45-8-3)33(42)39(30-18-22(4)16-17-29(30)38)21-31(40)27-15-10-9-12-23(27)5/h9-19,24,28H,6-8,20-21H2,1-5H3,(H2,36,37,44). The average Bonchev–Trinajstić information content (AvgIpc) is 3.12. The molecule has 0 saturated carbocycles. The number of amides is 4. The molecule has 1 heterocycles. The van der Waals surface area contributed by atoms with E-state index in [9.17, 15) is 24.0 Å². The van der Waals surface area contributed by atoms with E-state index in [1.807, 2.05) is 45.9 Å². The number of aryl methyl sites for hydroxylation is 2. The molecule has 1 aliphatic rings. The number of hydrogen-bond acceptors (Lipinski definition) is 6. The molecule has 0 bridgehead atoms. The molecule has 10 nitrogen and oxygen atoms in total. The lowest BCUT2D eigenvalue weighted by Gasteiger charge is -2.28. The summed E-state index contributed by atoms with van der Waals surface area (Å²) < 4.78 is 5.05. The summed E-state index contributed by atoms with van der Waals surface area (Å²) in [5, 5.41) is 5.41. The van der Waals surface area contributed by atoms with E-state index in [1.54, 1.807) is 54.3 Å². The van der Waals surface area contributed by atoms with Crippen LogP contribution < -0.4 is 20.4 Å². The Labute approximate surface area is 263 Å². The summed E-state index contributed by atoms with van der Waals surface area (Å²) in [6, 6.07) is 16.9. The molecule has 0 fully saturated rings. The number of Topliss-reactive ketones (excluding diaryl/α,β-unsaturated/α-hetero) is 1. The number of nitrogens with one attached hydrogen (secondary N) is 2. The Morgan fingerprint density at radius 3 is 2.33 bits per heavy atom. The highest BCUT2D eigenvalue weighted by molar-refractivity contribution is 6.13. The van der Waals surface area contributed by atoms with Crippen LogP contribution in [-0.4, -0.2) is 55.3 Å². The van der Waals surface area contributed by atoms with Gasteiger partial charge in [0.2, 0.25) is 5.91 Å². The van der Waals surface area contributed by atoms with Crippen molar-refractivity contribution in [2.45, 2.75) is 53.5 Å². The van der Waals surface area contributed by atoms with Gasteiger partial charge in [-0.05, 0) is 75.1 Å². The summed E-state index contributed by atoms with van der Waals surface area (Å²) in [7, 11) is 0. The molecule has 10 heteroatoms. The van der Waals surface area contributed by atoms with Crippen LogP contribution in [0.3, 0.4) is 0 Å². The van der Waals surface area contributed by atoms with Gasteiger partial charge in [0, 0.05) is 17.2 Å². The number of rotatable bonds is 10. The third-order valence-corrected chi connectivity index (χ3v) is 7.93. The van der Waals surface area contributed by atoms with Crippen molar-refractivity contribution in [1.29, 1.82) is 0 Å². The number of ketones is 1. The molecule has 236 valence electrons. The topological polar surface area (TPSA) is 125 Å². The minimum absolute atomic E-state index is 0.129. The number of urea groups is 1. The summed E-state index contributed by atoms with van der Waals surface area (Å²) >= 11 is 0. The van der Waals surface area contributed by atoms with E-state index in [0.29, 0.717) is 35.5 Å². The number of esters is 1. The van der Waals surface area contributed by atoms with E-state index in [1.165, 1.54) is 11.0 Å². The monoisotopic (exact) mass is 612 g/mol. The van der Waals surface area contributed by atoms with Crippen LogP contribution in [-0.2, 0) is 14.3 Å². The van der Waals surface area contributed by atoms with Crippen molar-refractivity contribution in [2.75, 3.05) is 34.8 Å². The molecule has 0 aromatic heterocycles. The molecule has 0 spiro atoms. The van der Waals surface area contributed by atoms with Gasteiger partial charge in [-0.25, -0.2) is 9.59 Å². The van der Waals surface area contributed by atoms with Crippen molar-refractivity contribution in [2.24, 2.45) is 5.92 Å². The van der Waals surface area contributed by atoms with Crippen LogP contribution in [0.2, 0.25) is 0 Å². The third kappa shape index (κ3) is 7.57. The first-order valence-corrected chi connectivity index (χ1v) is 15.2. The van der Waals surface area contributed by atoms with Gasteiger partial charge < -0.3 is 25.2 Å². The maximum Gasteiger partial charge on any atom is 0.338 e. The van der Waals surface area contributed by atoms with Crippen LogP contribution in [0.5, 0.6) is 0 Å². The van der Waals surface area contributed by atoms with Crippen LogP contribution in [0, 0.1) is 19.8 Å². The lowest BCUT2D eigenvalue weighted by molar-refractivity contribution is -0.123.